The van der Waals surface area contributed by atoms with Crippen LogP contribution < -0.4 is 10.6 Å². The maximum absolute atomic E-state index is 12.3. The Morgan fingerprint density at radius 3 is 2.96 bits per heavy atom. The molecule has 2 heterocycles. The summed E-state index contributed by atoms with van der Waals surface area (Å²) in [5.41, 5.74) is 2.08. The highest BCUT2D eigenvalue weighted by Crippen LogP contribution is 2.23. The number of rotatable bonds is 3. The lowest BCUT2D eigenvalue weighted by Gasteiger charge is -2.18. The van der Waals surface area contributed by atoms with Crippen LogP contribution in [-0.4, -0.2) is 35.0 Å². The van der Waals surface area contributed by atoms with E-state index in [0.29, 0.717) is 11.7 Å². The van der Waals surface area contributed by atoms with E-state index in [1.807, 2.05) is 36.9 Å². The van der Waals surface area contributed by atoms with Gasteiger partial charge in [-0.05, 0) is 44.0 Å². The SMILES string of the molecule is Cc1cnc(NC(=O)N2CCC(Nc3ccc(Cl)c(C)c3)C2)s1. The summed E-state index contributed by atoms with van der Waals surface area (Å²) in [5, 5.41) is 7.74. The van der Waals surface area contributed by atoms with E-state index in [0.717, 1.165) is 34.1 Å². The molecule has 3 rings (SSSR count). The molecule has 2 N–H and O–H groups in total. The van der Waals surface area contributed by atoms with Crippen LogP contribution in [0.4, 0.5) is 15.6 Å². The van der Waals surface area contributed by atoms with Crippen LogP contribution in [0.1, 0.15) is 16.9 Å². The lowest BCUT2D eigenvalue weighted by atomic mass is 10.2. The Morgan fingerprint density at radius 1 is 1.43 bits per heavy atom. The Balaban J connectivity index is 1.55. The van der Waals surface area contributed by atoms with Crippen molar-refractivity contribution in [3.8, 4) is 0 Å². The molecule has 23 heavy (non-hydrogen) atoms. The van der Waals surface area contributed by atoms with Gasteiger partial charge >= 0.3 is 6.03 Å². The molecule has 0 radical (unpaired) electrons. The lowest BCUT2D eigenvalue weighted by molar-refractivity contribution is 0.222. The van der Waals surface area contributed by atoms with Crippen molar-refractivity contribution in [2.24, 2.45) is 0 Å². The van der Waals surface area contributed by atoms with Gasteiger partial charge in [-0.25, -0.2) is 9.78 Å². The van der Waals surface area contributed by atoms with Crippen LogP contribution >= 0.6 is 22.9 Å². The van der Waals surface area contributed by atoms with Gasteiger partial charge in [0.2, 0.25) is 0 Å². The van der Waals surface area contributed by atoms with Gasteiger partial charge in [0.15, 0.2) is 5.13 Å². The van der Waals surface area contributed by atoms with E-state index in [-0.39, 0.29) is 12.1 Å². The minimum atomic E-state index is -0.0871. The van der Waals surface area contributed by atoms with Crippen molar-refractivity contribution < 1.29 is 4.79 Å². The van der Waals surface area contributed by atoms with Crippen LogP contribution in [0.3, 0.4) is 0 Å². The van der Waals surface area contributed by atoms with Crippen molar-refractivity contribution in [3.63, 3.8) is 0 Å². The molecule has 1 fully saturated rings. The fourth-order valence-electron chi connectivity index (χ4n) is 2.62. The Labute approximate surface area is 144 Å². The van der Waals surface area contributed by atoms with Crippen LogP contribution in [0.25, 0.3) is 0 Å². The average Bonchev–Trinajstić information content (AvgIpc) is 3.12. The van der Waals surface area contributed by atoms with Crippen LogP contribution in [0.5, 0.6) is 0 Å². The fourth-order valence-corrected chi connectivity index (χ4v) is 3.39. The van der Waals surface area contributed by atoms with Crippen molar-refractivity contribution >= 4 is 39.8 Å². The number of hydrogen-bond donors (Lipinski definition) is 2. The smallest absolute Gasteiger partial charge is 0.323 e. The molecule has 1 saturated heterocycles. The summed E-state index contributed by atoms with van der Waals surface area (Å²) in [6.45, 7) is 5.37. The summed E-state index contributed by atoms with van der Waals surface area (Å²) in [6.07, 6.45) is 2.68. The maximum Gasteiger partial charge on any atom is 0.323 e. The number of halogens is 1. The molecular formula is C16H19ClN4OS. The van der Waals surface area contributed by atoms with Crippen LogP contribution in [-0.2, 0) is 0 Å². The van der Waals surface area contributed by atoms with Gasteiger partial charge in [-0.2, -0.15) is 0 Å². The Morgan fingerprint density at radius 2 is 2.26 bits per heavy atom. The second kappa shape index (κ2) is 6.76. The third-order valence-corrected chi connectivity index (χ3v) is 5.09. The quantitative estimate of drug-likeness (QED) is 0.875. The number of carbonyl (C=O) groups excluding carboxylic acids is 1. The second-order valence-corrected chi connectivity index (χ2v) is 7.39. The molecule has 2 amide bonds. The van der Waals surface area contributed by atoms with E-state index >= 15 is 0 Å². The number of likely N-dealkylation sites (tertiary alicyclic amines) is 1. The Bertz CT molecular complexity index is 718. The monoisotopic (exact) mass is 350 g/mol. The molecule has 0 bridgehead atoms. The molecule has 1 aliphatic heterocycles. The number of aryl methyl sites for hydroxylation is 2. The first-order valence-electron chi connectivity index (χ1n) is 7.52. The minimum Gasteiger partial charge on any atom is -0.380 e. The number of aromatic nitrogens is 1. The first kappa shape index (κ1) is 16.1. The highest BCUT2D eigenvalue weighted by atomic mass is 35.5. The van der Waals surface area contributed by atoms with Crippen molar-refractivity contribution in [2.45, 2.75) is 26.3 Å². The number of anilines is 2. The number of carbonyl (C=O) groups is 1. The van der Waals surface area contributed by atoms with E-state index in [2.05, 4.69) is 15.6 Å². The average molecular weight is 351 g/mol. The summed E-state index contributed by atoms with van der Waals surface area (Å²) in [4.78, 5) is 19.3. The van der Waals surface area contributed by atoms with Crippen LogP contribution in [0.15, 0.2) is 24.4 Å². The predicted octanol–water partition coefficient (Wildman–Crippen LogP) is 4.13. The Hall–Kier alpha value is -1.79. The molecule has 0 spiro atoms. The standard InChI is InChI=1S/C16H19ClN4OS/c1-10-7-12(3-4-14(10)17)19-13-5-6-21(9-13)16(22)20-15-18-8-11(2)23-15/h3-4,7-8,13,19H,5-6,9H2,1-2H3,(H,18,20,22). The highest BCUT2D eigenvalue weighted by molar-refractivity contribution is 7.15. The van der Waals surface area contributed by atoms with Crippen LogP contribution in [0, 0.1) is 13.8 Å². The molecular weight excluding hydrogens is 332 g/mol. The zero-order chi connectivity index (χ0) is 16.4. The third kappa shape index (κ3) is 3.95. The van der Waals surface area contributed by atoms with Gasteiger partial charge in [0.25, 0.3) is 0 Å². The predicted molar refractivity (Wildman–Crippen MR) is 95.7 cm³/mol. The van der Waals surface area contributed by atoms with Gasteiger partial charge in [0.1, 0.15) is 0 Å². The van der Waals surface area contributed by atoms with Crippen molar-refractivity contribution in [1.29, 1.82) is 0 Å². The van der Waals surface area contributed by atoms with E-state index in [9.17, 15) is 4.79 Å². The number of thiazole rings is 1. The number of nitrogens with one attached hydrogen (secondary N) is 2. The number of benzene rings is 1. The van der Waals surface area contributed by atoms with E-state index in [4.69, 9.17) is 11.6 Å². The molecule has 0 saturated carbocycles. The zero-order valence-corrected chi connectivity index (χ0v) is 14.7. The molecule has 1 atom stereocenters. The molecule has 5 nitrogen and oxygen atoms in total. The molecule has 1 aromatic carbocycles. The van der Waals surface area contributed by atoms with Crippen LogP contribution in [0.2, 0.25) is 5.02 Å². The lowest BCUT2D eigenvalue weighted by Crippen LogP contribution is -2.34. The number of hydrogen-bond acceptors (Lipinski definition) is 4. The van der Waals surface area contributed by atoms with Gasteiger partial charge in [-0.3, -0.25) is 5.32 Å². The first-order valence-corrected chi connectivity index (χ1v) is 8.72. The molecule has 1 aromatic heterocycles. The zero-order valence-electron chi connectivity index (χ0n) is 13.1. The molecule has 1 aliphatic rings. The van der Waals surface area contributed by atoms with Gasteiger partial charge < -0.3 is 10.2 Å². The Kier molecular flexibility index (Phi) is 4.73. The topological polar surface area (TPSA) is 57.3 Å². The molecule has 1 unspecified atom stereocenters. The highest BCUT2D eigenvalue weighted by Gasteiger charge is 2.26. The van der Waals surface area contributed by atoms with Gasteiger partial charge in [-0.15, -0.1) is 11.3 Å². The van der Waals surface area contributed by atoms with E-state index in [1.54, 1.807) is 6.20 Å². The van der Waals surface area contributed by atoms with Gasteiger partial charge in [0, 0.05) is 40.9 Å². The van der Waals surface area contributed by atoms with Crippen molar-refractivity contribution in [1.82, 2.24) is 9.88 Å². The normalized spacial score (nSPS) is 17.3. The summed E-state index contributed by atoms with van der Waals surface area (Å²) in [6, 6.07) is 6.05. The first-order chi connectivity index (χ1) is 11.0. The molecule has 7 heteroatoms. The minimum absolute atomic E-state index is 0.0871. The molecule has 122 valence electrons. The summed E-state index contributed by atoms with van der Waals surface area (Å²) in [5.74, 6) is 0. The largest absolute Gasteiger partial charge is 0.380 e. The second-order valence-electron chi connectivity index (χ2n) is 5.75. The van der Waals surface area contributed by atoms with Crippen molar-refractivity contribution in [3.05, 3.63) is 39.9 Å². The fraction of sp³-hybridized carbons (Fsp3) is 0.375. The van der Waals surface area contributed by atoms with E-state index < -0.39 is 0 Å². The van der Waals surface area contributed by atoms with Gasteiger partial charge in [-0.1, -0.05) is 11.6 Å². The van der Waals surface area contributed by atoms with E-state index in [1.165, 1.54) is 11.3 Å². The van der Waals surface area contributed by atoms with Gasteiger partial charge in [0.05, 0.1) is 0 Å². The molecule has 2 aromatic rings. The maximum atomic E-state index is 12.3. The summed E-state index contributed by atoms with van der Waals surface area (Å²) < 4.78 is 0. The summed E-state index contributed by atoms with van der Waals surface area (Å²) >= 11 is 7.53. The number of nitrogens with zero attached hydrogens (tertiary/aromatic N) is 2. The molecule has 0 aliphatic carbocycles. The van der Waals surface area contributed by atoms with Crippen molar-refractivity contribution in [2.75, 3.05) is 23.7 Å². The number of urea groups is 1. The number of amides is 2. The summed E-state index contributed by atoms with van der Waals surface area (Å²) in [7, 11) is 0. The third-order valence-electron chi connectivity index (χ3n) is 3.84.